The quantitative estimate of drug-likeness (QED) is 0.445. The number of nitrogens with zero attached hydrogens (tertiary/aromatic N) is 2. The number of carbonyl (C=O) groups is 1. The maximum absolute atomic E-state index is 14.7. The van der Waals surface area contributed by atoms with Crippen molar-refractivity contribution in [2.45, 2.75) is 6.92 Å². The van der Waals surface area contributed by atoms with Crippen LogP contribution in [0.15, 0.2) is 48.0 Å². The Hall–Kier alpha value is -3.72. The van der Waals surface area contributed by atoms with Gasteiger partial charge in [-0.25, -0.2) is 9.37 Å². The van der Waals surface area contributed by atoms with Crippen LogP contribution < -0.4 is 19.5 Å². The summed E-state index contributed by atoms with van der Waals surface area (Å²) in [6.07, 6.45) is 1.56. The SMILES string of the molecule is COc1cc2nccc(Oc3ccc(NC(=O)c4csc(C)n4)cc3F)c2cc1OC. The highest BCUT2D eigenvalue weighted by Crippen LogP contribution is 2.37. The second-order valence-corrected chi connectivity index (χ2v) is 7.55. The van der Waals surface area contributed by atoms with Crippen LogP contribution in [0, 0.1) is 12.7 Å². The van der Waals surface area contributed by atoms with Crippen LogP contribution in [0.1, 0.15) is 15.5 Å². The molecule has 4 rings (SSSR count). The first-order valence-electron chi connectivity index (χ1n) is 9.20. The smallest absolute Gasteiger partial charge is 0.275 e. The summed E-state index contributed by atoms with van der Waals surface area (Å²) in [6, 6.07) is 9.27. The number of aryl methyl sites for hydroxylation is 1. The number of hydrogen-bond donors (Lipinski definition) is 1. The van der Waals surface area contributed by atoms with Crippen LogP contribution in [-0.4, -0.2) is 30.1 Å². The number of pyridine rings is 1. The molecule has 1 N–H and O–H groups in total. The van der Waals surface area contributed by atoms with E-state index in [-0.39, 0.29) is 11.4 Å². The normalized spacial score (nSPS) is 10.7. The molecule has 0 unspecified atom stereocenters. The van der Waals surface area contributed by atoms with E-state index < -0.39 is 11.7 Å². The van der Waals surface area contributed by atoms with E-state index >= 15 is 0 Å². The first kappa shape index (κ1) is 20.5. The van der Waals surface area contributed by atoms with Gasteiger partial charge in [-0.2, -0.15) is 0 Å². The molecule has 2 aromatic carbocycles. The number of ether oxygens (including phenoxy) is 3. The summed E-state index contributed by atoms with van der Waals surface area (Å²) in [5, 5.41) is 5.69. The van der Waals surface area contributed by atoms with E-state index in [9.17, 15) is 9.18 Å². The highest BCUT2D eigenvalue weighted by molar-refractivity contribution is 7.09. The molecular formula is C22H18FN3O4S. The fraction of sp³-hybridized carbons (Fsp3) is 0.136. The second-order valence-electron chi connectivity index (χ2n) is 6.49. The van der Waals surface area contributed by atoms with Crippen LogP contribution in [0.3, 0.4) is 0 Å². The molecule has 0 atom stereocenters. The van der Waals surface area contributed by atoms with E-state index in [1.54, 1.807) is 35.8 Å². The molecule has 2 aromatic heterocycles. The Morgan fingerprint density at radius 2 is 1.81 bits per heavy atom. The van der Waals surface area contributed by atoms with Gasteiger partial charge in [-0.3, -0.25) is 9.78 Å². The van der Waals surface area contributed by atoms with Gasteiger partial charge in [0, 0.05) is 34.8 Å². The molecule has 0 fully saturated rings. The zero-order chi connectivity index (χ0) is 22.0. The predicted molar refractivity (Wildman–Crippen MR) is 116 cm³/mol. The van der Waals surface area contributed by atoms with Crippen LogP contribution in [0.25, 0.3) is 10.9 Å². The number of methoxy groups -OCH3 is 2. The van der Waals surface area contributed by atoms with Crippen LogP contribution >= 0.6 is 11.3 Å². The molecule has 0 aliphatic carbocycles. The van der Waals surface area contributed by atoms with Crippen molar-refractivity contribution in [3.63, 3.8) is 0 Å². The Balaban J connectivity index is 1.59. The second kappa shape index (κ2) is 8.57. The van der Waals surface area contributed by atoms with E-state index in [1.165, 1.54) is 37.7 Å². The third-order valence-electron chi connectivity index (χ3n) is 4.47. The molecule has 0 spiro atoms. The number of aromatic nitrogens is 2. The third-order valence-corrected chi connectivity index (χ3v) is 5.24. The molecular weight excluding hydrogens is 421 g/mol. The molecule has 4 aromatic rings. The molecule has 158 valence electrons. The molecule has 0 aliphatic rings. The van der Waals surface area contributed by atoms with Gasteiger partial charge in [0.25, 0.3) is 5.91 Å². The minimum Gasteiger partial charge on any atom is -0.493 e. The van der Waals surface area contributed by atoms with Gasteiger partial charge in [0.2, 0.25) is 0 Å². The van der Waals surface area contributed by atoms with Crippen LogP contribution in [0.2, 0.25) is 0 Å². The summed E-state index contributed by atoms with van der Waals surface area (Å²) in [5.74, 6) is 0.408. The average Bonchev–Trinajstić information content (AvgIpc) is 3.21. The molecule has 2 heterocycles. The lowest BCUT2D eigenvalue weighted by atomic mass is 10.2. The molecule has 0 radical (unpaired) electrons. The molecule has 9 heteroatoms. The van der Waals surface area contributed by atoms with Gasteiger partial charge in [0.1, 0.15) is 11.4 Å². The number of halogens is 1. The first-order valence-corrected chi connectivity index (χ1v) is 10.1. The van der Waals surface area contributed by atoms with Gasteiger partial charge in [-0.1, -0.05) is 0 Å². The highest BCUT2D eigenvalue weighted by Gasteiger charge is 2.15. The van der Waals surface area contributed by atoms with Crippen molar-refractivity contribution in [3.8, 4) is 23.0 Å². The number of benzene rings is 2. The lowest BCUT2D eigenvalue weighted by molar-refractivity contribution is 0.102. The third kappa shape index (κ3) is 4.26. The van der Waals surface area contributed by atoms with E-state index in [0.717, 1.165) is 5.01 Å². The number of rotatable bonds is 6. The topological polar surface area (TPSA) is 82.6 Å². The van der Waals surface area contributed by atoms with Crippen molar-refractivity contribution >= 4 is 33.8 Å². The van der Waals surface area contributed by atoms with Gasteiger partial charge in [-0.05, 0) is 31.2 Å². The number of nitrogens with one attached hydrogen (secondary N) is 1. The van der Waals surface area contributed by atoms with E-state index in [2.05, 4.69) is 15.3 Å². The van der Waals surface area contributed by atoms with Crippen molar-refractivity contribution in [3.05, 3.63) is 64.5 Å². The zero-order valence-corrected chi connectivity index (χ0v) is 17.7. The van der Waals surface area contributed by atoms with Gasteiger partial charge < -0.3 is 19.5 Å². The molecule has 0 saturated carbocycles. The maximum atomic E-state index is 14.7. The van der Waals surface area contributed by atoms with Crippen LogP contribution in [0.5, 0.6) is 23.0 Å². The maximum Gasteiger partial charge on any atom is 0.275 e. The number of fused-ring (bicyclic) bond motifs is 1. The number of amides is 1. The van der Waals surface area contributed by atoms with Crippen molar-refractivity contribution in [1.82, 2.24) is 9.97 Å². The molecule has 7 nitrogen and oxygen atoms in total. The Bertz CT molecular complexity index is 1280. The lowest BCUT2D eigenvalue weighted by Gasteiger charge is -2.13. The summed E-state index contributed by atoms with van der Waals surface area (Å²) in [4.78, 5) is 20.7. The summed E-state index contributed by atoms with van der Waals surface area (Å²) < 4.78 is 31.1. The number of carbonyl (C=O) groups excluding carboxylic acids is 1. The molecule has 0 saturated heterocycles. The Morgan fingerprint density at radius 1 is 1.03 bits per heavy atom. The van der Waals surface area contributed by atoms with E-state index in [4.69, 9.17) is 14.2 Å². The predicted octanol–water partition coefficient (Wildman–Crippen LogP) is 5.20. The van der Waals surface area contributed by atoms with Gasteiger partial charge in [0.15, 0.2) is 23.1 Å². The Morgan fingerprint density at radius 3 is 2.48 bits per heavy atom. The minimum atomic E-state index is -0.627. The number of hydrogen-bond acceptors (Lipinski definition) is 7. The van der Waals surface area contributed by atoms with Crippen molar-refractivity contribution in [1.29, 1.82) is 0 Å². The molecule has 0 aliphatic heterocycles. The molecule has 31 heavy (non-hydrogen) atoms. The summed E-state index contributed by atoms with van der Waals surface area (Å²) in [5.41, 5.74) is 1.19. The van der Waals surface area contributed by atoms with Gasteiger partial charge in [0.05, 0.1) is 24.7 Å². The summed E-state index contributed by atoms with van der Waals surface area (Å²) in [6.45, 7) is 1.81. The fourth-order valence-electron chi connectivity index (χ4n) is 2.98. The van der Waals surface area contributed by atoms with E-state index in [0.29, 0.717) is 33.8 Å². The number of anilines is 1. The number of thiazole rings is 1. The highest BCUT2D eigenvalue weighted by atomic mass is 32.1. The van der Waals surface area contributed by atoms with Crippen LogP contribution in [-0.2, 0) is 0 Å². The Labute approximate surface area is 181 Å². The molecule has 1 amide bonds. The summed E-state index contributed by atoms with van der Waals surface area (Å²) >= 11 is 1.37. The van der Waals surface area contributed by atoms with E-state index in [1.807, 2.05) is 6.92 Å². The molecule has 0 bridgehead atoms. The van der Waals surface area contributed by atoms with Crippen molar-refractivity contribution in [2.24, 2.45) is 0 Å². The van der Waals surface area contributed by atoms with Gasteiger partial charge >= 0.3 is 0 Å². The fourth-order valence-corrected chi connectivity index (χ4v) is 3.57. The zero-order valence-electron chi connectivity index (χ0n) is 16.9. The summed E-state index contributed by atoms with van der Waals surface area (Å²) in [7, 11) is 3.07. The lowest BCUT2D eigenvalue weighted by Crippen LogP contribution is -2.12. The van der Waals surface area contributed by atoms with Crippen LogP contribution in [0.4, 0.5) is 10.1 Å². The monoisotopic (exact) mass is 439 g/mol. The van der Waals surface area contributed by atoms with Gasteiger partial charge in [-0.15, -0.1) is 11.3 Å². The van der Waals surface area contributed by atoms with Crippen molar-refractivity contribution in [2.75, 3.05) is 19.5 Å². The minimum absolute atomic E-state index is 0.00443. The first-order chi connectivity index (χ1) is 15.0. The average molecular weight is 439 g/mol. The Kier molecular flexibility index (Phi) is 5.68. The van der Waals surface area contributed by atoms with Crippen molar-refractivity contribution < 1.29 is 23.4 Å². The standard InChI is InChI=1S/C22H18FN3O4S/c1-12-25-17(11-31-12)22(27)26-13-4-5-19(15(23)8-13)30-18-6-7-24-16-10-21(29-3)20(28-2)9-14(16)18/h4-11H,1-3H3,(H,26,27). The largest absolute Gasteiger partial charge is 0.493 e.